The van der Waals surface area contributed by atoms with Gasteiger partial charge in [0, 0.05) is 37.2 Å². The fraction of sp³-hybridized carbons (Fsp3) is 0.667. The van der Waals surface area contributed by atoms with Crippen molar-refractivity contribution in [3.05, 3.63) is 29.8 Å². The summed E-state index contributed by atoms with van der Waals surface area (Å²) in [5, 5.41) is 6.93. The molecule has 1 aliphatic heterocycles. The maximum absolute atomic E-state index is 12.7. The van der Waals surface area contributed by atoms with Crippen LogP contribution in [0.1, 0.15) is 50.6 Å². The first-order valence-electron chi connectivity index (χ1n) is 11.7. The van der Waals surface area contributed by atoms with Crippen molar-refractivity contribution < 1.29 is 9.53 Å². The van der Waals surface area contributed by atoms with Crippen LogP contribution < -0.4 is 15.4 Å². The van der Waals surface area contributed by atoms with Gasteiger partial charge >= 0.3 is 0 Å². The van der Waals surface area contributed by atoms with Gasteiger partial charge in [-0.1, -0.05) is 31.0 Å². The standard InChI is InChI=1S/C24H39N5O2.HI/c1-5-25-24(26-16-21(28(2)3)20-12-8-9-13-22(20)31-4)27-19-14-15-29(17-19)23(30)18-10-6-7-11-18;/h8-9,12-13,18-19,21H,5-7,10-11,14-17H2,1-4H3,(H2,25,26,27);1H. The van der Waals surface area contributed by atoms with Crippen LogP contribution in [0.3, 0.4) is 0 Å². The van der Waals surface area contributed by atoms with Gasteiger partial charge in [-0.25, -0.2) is 0 Å². The number of hydrogen-bond donors (Lipinski definition) is 2. The number of hydrogen-bond acceptors (Lipinski definition) is 4. The fourth-order valence-electron chi connectivity index (χ4n) is 4.68. The molecule has 2 aliphatic rings. The molecule has 0 radical (unpaired) electrons. The highest BCUT2D eigenvalue weighted by atomic mass is 127. The summed E-state index contributed by atoms with van der Waals surface area (Å²) in [6, 6.07) is 8.47. The molecule has 2 unspecified atom stereocenters. The number of ether oxygens (including phenoxy) is 1. The second kappa shape index (κ2) is 13.2. The Morgan fingerprint density at radius 1 is 1.25 bits per heavy atom. The summed E-state index contributed by atoms with van der Waals surface area (Å²) in [6.45, 7) is 5.09. The second-order valence-corrected chi connectivity index (χ2v) is 8.84. The van der Waals surface area contributed by atoms with Gasteiger partial charge in [0.15, 0.2) is 5.96 Å². The Bertz CT molecular complexity index is 752. The summed E-state index contributed by atoms with van der Waals surface area (Å²) < 4.78 is 5.57. The molecule has 8 heteroatoms. The van der Waals surface area contributed by atoms with Crippen molar-refractivity contribution in [3.8, 4) is 5.75 Å². The number of nitrogens with zero attached hydrogens (tertiary/aromatic N) is 3. The number of para-hydroxylation sites is 1. The number of benzene rings is 1. The van der Waals surface area contributed by atoms with Crippen LogP contribution in [0.4, 0.5) is 0 Å². The Morgan fingerprint density at radius 2 is 1.97 bits per heavy atom. The summed E-state index contributed by atoms with van der Waals surface area (Å²) in [4.78, 5) is 21.9. The van der Waals surface area contributed by atoms with Crippen LogP contribution in [0.25, 0.3) is 0 Å². The van der Waals surface area contributed by atoms with Gasteiger partial charge in [0.1, 0.15) is 5.75 Å². The molecule has 1 heterocycles. The topological polar surface area (TPSA) is 69.2 Å². The monoisotopic (exact) mass is 557 g/mol. The maximum Gasteiger partial charge on any atom is 0.225 e. The minimum Gasteiger partial charge on any atom is -0.496 e. The molecular formula is C24H40IN5O2. The summed E-state index contributed by atoms with van der Waals surface area (Å²) in [7, 11) is 5.84. The highest BCUT2D eigenvalue weighted by Gasteiger charge is 2.32. The summed E-state index contributed by atoms with van der Waals surface area (Å²) in [5.74, 6) is 2.30. The third kappa shape index (κ3) is 6.97. The molecule has 2 atom stereocenters. The molecule has 1 aromatic rings. The predicted octanol–water partition coefficient (Wildman–Crippen LogP) is 3.26. The van der Waals surface area contributed by atoms with E-state index in [9.17, 15) is 4.79 Å². The van der Waals surface area contributed by atoms with Gasteiger partial charge in [0.2, 0.25) is 5.91 Å². The normalized spacial score (nSPS) is 20.2. The predicted molar refractivity (Wildman–Crippen MR) is 141 cm³/mol. The van der Waals surface area contributed by atoms with E-state index in [-0.39, 0.29) is 42.0 Å². The van der Waals surface area contributed by atoms with E-state index in [1.165, 1.54) is 12.8 Å². The van der Waals surface area contributed by atoms with Crippen LogP contribution in [0.2, 0.25) is 0 Å². The molecule has 0 bridgehead atoms. The van der Waals surface area contributed by atoms with E-state index in [2.05, 4.69) is 47.5 Å². The smallest absolute Gasteiger partial charge is 0.225 e. The lowest BCUT2D eigenvalue weighted by Crippen LogP contribution is -2.45. The number of aliphatic imine (C=N–C) groups is 1. The Morgan fingerprint density at radius 3 is 2.62 bits per heavy atom. The summed E-state index contributed by atoms with van der Waals surface area (Å²) in [6.07, 6.45) is 5.48. The number of nitrogens with one attached hydrogen (secondary N) is 2. The highest BCUT2D eigenvalue weighted by molar-refractivity contribution is 14.0. The lowest BCUT2D eigenvalue weighted by atomic mass is 10.0. The molecule has 7 nitrogen and oxygen atoms in total. The highest BCUT2D eigenvalue weighted by Crippen LogP contribution is 2.29. The molecule has 180 valence electrons. The van der Waals surface area contributed by atoms with Gasteiger partial charge in [0.05, 0.1) is 19.7 Å². The number of carbonyl (C=O) groups excluding carboxylic acids is 1. The number of likely N-dealkylation sites (tertiary alicyclic amines) is 1. The summed E-state index contributed by atoms with van der Waals surface area (Å²) in [5.41, 5.74) is 1.13. The van der Waals surface area contributed by atoms with E-state index in [1.54, 1.807) is 7.11 Å². The number of amides is 1. The number of guanidine groups is 1. The first-order chi connectivity index (χ1) is 15.0. The van der Waals surface area contributed by atoms with E-state index >= 15 is 0 Å². The molecule has 1 aromatic carbocycles. The average molecular weight is 558 g/mol. The van der Waals surface area contributed by atoms with E-state index in [4.69, 9.17) is 9.73 Å². The van der Waals surface area contributed by atoms with Crippen molar-refractivity contribution in [1.82, 2.24) is 20.4 Å². The van der Waals surface area contributed by atoms with Crippen LogP contribution in [-0.4, -0.2) is 75.1 Å². The average Bonchev–Trinajstić information content (AvgIpc) is 3.46. The van der Waals surface area contributed by atoms with E-state index in [1.807, 2.05) is 18.2 Å². The largest absolute Gasteiger partial charge is 0.496 e. The van der Waals surface area contributed by atoms with Crippen LogP contribution in [0.5, 0.6) is 5.75 Å². The second-order valence-electron chi connectivity index (χ2n) is 8.84. The zero-order chi connectivity index (χ0) is 22.2. The molecule has 0 aromatic heterocycles. The zero-order valence-corrected chi connectivity index (χ0v) is 22.3. The lowest BCUT2D eigenvalue weighted by Gasteiger charge is -2.26. The third-order valence-corrected chi connectivity index (χ3v) is 6.43. The Hall–Kier alpha value is -1.55. The number of likely N-dealkylation sites (N-methyl/N-ethyl adjacent to an activating group) is 1. The molecule has 1 aliphatic carbocycles. The molecule has 1 saturated heterocycles. The first-order valence-corrected chi connectivity index (χ1v) is 11.7. The van der Waals surface area contributed by atoms with E-state index < -0.39 is 0 Å². The molecule has 1 amide bonds. The van der Waals surface area contributed by atoms with Crippen molar-refractivity contribution in [3.63, 3.8) is 0 Å². The number of rotatable bonds is 8. The molecule has 32 heavy (non-hydrogen) atoms. The minimum atomic E-state index is 0. The number of halogens is 1. The van der Waals surface area contributed by atoms with Crippen LogP contribution >= 0.6 is 24.0 Å². The van der Waals surface area contributed by atoms with Crippen LogP contribution in [0.15, 0.2) is 29.3 Å². The maximum atomic E-state index is 12.7. The zero-order valence-electron chi connectivity index (χ0n) is 20.0. The first kappa shape index (κ1) is 26.7. The fourth-order valence-corrected chi connectivity index (χ4v) is 4.68. The Labute approximate surface area is 210 Å². The van der Waals surface area contributed by atoms with Gasteiger partial charge in [-0.3, -0.25) is 9.79 Å². The van der Waals surface area contributed by atoms with Crippen molar-refractivity contribution in [2.24, 2.45) is 10.9 Å². The number of carbonyl (C=O) groups is 1. The SMILES string of the molecule is CCNC(=NCC(c1ccccc1OC)N(C)C)NC1CCN(C(=O)C2CCCC2)C1.I. The molecule has 0 spiro atoms. The molecule has 1 saturated carbocycles. The Kier molecular flexibility index (Phi) is 11.0. The van der Waals surface area contributed by atoms with E-state index in [0.717, 1.165) is 56.2 Å². The quantitative estimate of drug-likeness (QED) is 0.292. The van der Waals surface area contributed by atoms with Gasteiger partial charge in [-0.05, 0) is 46.3 Å². The van der Waals surface area contributed by atoms with E-state index in [0.29, 0.717) is 12.5 Å². The number of methoxy groups -OCH3 is 1. The van der Waals surface area contributed by atoms with Crippen molar-refractivity contribution in [2.45, 2.75) is 51.1 Å². The van der Waals surface area contributed by atoms with Crippen LogP contribution in [0, 0.1) is 5.92 Å². The van der Waals surface area contributed by atoms with Gasteiger partial charge in [-0.15, -0.1) is 24.0 Å². The minimum absolute atomic E-state index is 0. The molecular weight excluding hydrogens is 517 g/mol. The molecule has 2 N–H and O–H groups in total. The van der Waals surface area contributed by atoms with Crippen LogP contribution in [-0.2, 0) is 4.79 Å². The van der Waals surface area contributed by atoms with Gasteiger partial charge in [0.25, 0.3) is 0 Å². The van der Waals surface area contributed by atoms with Gasteiger partial charge in [-0.2, -0.15) is 0 Å². The molecule has 3 rings (SSSR count). The van der Waals surface area contributed by atoms with Crippen molar-refractivity contribution in [2.75, 3.05) is 47.4 Å². The van der Waals surface area contributed by atoms with Crippen molar-refractivity contribution in [1.29, 1.82) is 0 Å². The summed E-state index contributed by atoms with van der Waals surface area (Å²) >= 11 is 0. The lowest BCUT2D eigenvalue weighted by molar-refractivity contribution is -0.134. The molecule has 2 fully saturated rings. The third-order valence-electron chi connectivity index (χ3n) is 6.43. The van der Waals surface area contributed by atoms with Gasteiger partial charge < -0.3 is 25.2 Å². The van der Waals surface area contributed by atoms with Crippen molar-refractivity contribution >= 4 is 35.8 Å². The Balaban J connectivity index is 0.00000363.